The fourth-order valence-corrected chi connectivity index (χ4v) is 4.57. The van der Waals surface area contributed by atoms with Crippen molar-refractivity contribution < 1.29 is 28.2 Å². The lowest BCUT2D eigenvalue weighted by Gasteiger charge is -2.14. The van der Waals surface area contributed by atoms with Crippen LogP contribution < -0.4 is 20.1 Å². The lowest BCUT2D eigenvalue weighted by Crippen LogP contribution is -2.38. The molecule has 0 atom stereocenters. The lowest BCUT2D eigenvalue weighted by atomic mass is 10.1. The van der Waals surface area contributed by atoms with Gasteiger partial charge in [-0.05, 0) is 64.0 Å². The molecule has 4 amide bonds. The summed E-state index contributed by atoms with van der Waals surface area (Å²) in [5.74, 6) is -1.33. The summed E-state index contributed by atoms with van der Waals surface area (Å²) in [6, 6.07) is 13.1. The molecule has 0 spiro atoms. The van der Waals surface area contributed by atoms with Crippen molar-refractivity contribution in [1.29, 1.82) is 0 Å². The Morgan fingerprint density at radius 1 is 1.16 bits per heavy atom. The molecule has 0 aliphatic carbocycles. The van der Waals surface area contributed by atoms with Crippen LogP contribution in [-0.4, -0.2) is 36.4 Å². The van der Waals surface area contributed by atoms with Crippen LogP contribution in [0.3, 0.4) is 0 Å². The van der Waals surface area contributed by atoms with Crippen molar-refractivity contribution >= 4 is 68.7 Å². The van der Waals surface area contributed by atoms with Crippen molar-refractivity contribution in [3.8, 4) is 11.5 Å². The van der Waals surface area contributed by atoms with Crippen molar-refractivity contribution in [2.75, 3.05) is 19.0 Å². The lowest BCUT2D eigenvalue weighted by molar-refractivity contribution is -0.127. The Hall–Kier alpha value is -3.60. The third kappa shape index (κ3) is 6.27. The summed E-state index contributed by atoms with van der Waals surface area (Å²) >= 11 is 15.6. The molecule has 38 heavy (non-hydrogen) atoms. The van der Waals surface area contributed by atoms with Crippen LogP contribution in [0.2, 0.25) is 10.0 Å². The molecule has 8 nitrogen and oxygen atoms in total. The Bertz CT molecular complexity index is 1470. The summed E-state index contributed by atoms with van der Waals surface area (Å²) in [5.41, 5.74) is 1.11. The quantitative estimate of drug-likeness (QED) is 0.237. The van der Waals surface area contributed by atoms with Gasteiger partial charge in [0.1, 0.15) is 24.7 Å². The molecular weight excluding hydrogens is 604 g/mol. The van der Waals surface area contributed by atoms with Gasteiger partial charge in [0.05, 0.1) is 17.3 Å². The van der Waals surface area contributed by atoms with Crippen LogP contribution in [0, 0.1) is 5.82 Å². The molecule has 1 fully saturated rings. The number of rotatable bonds is 8. The molecule has 0 saturated carbocycles. The number of carbonyl (C=O) groups excluding carboxylic acids is 3. The molecule has 2 N–H and O–H groups in total. The highest BCUT2D eigenvalue weighted by Gasteiger charge is 2.35. The van der Waals surface area contributed by atoms with Gasteiger partial charge in [-0.15, -0.1) is 0 Å². The zero-order valence-electron chi connectivity index (χ0n) is 19.7. The van der Waals surface area contributed by atoms with Crippen LogP contribution >= 0.6 is 39.1 Å². The van der Waals surface area contributed by atoms with Gasteiger partial charge < -0.3 is 20.1 Å². The van der Waals surface area contributed by atoms with E-state index in [1.165, 1.54) is 31.4 Å². The van der Waals surface area contributed by atoms with E-state index in [-0.39, 0.29) is 18.0 Å². The molecule has 12 heteroatoms. The number of ether oxygens (including phenoxy) is 2. The third-order valence-electron chi connectivity index (χ3n) is 5.36. The zero-order valence-corrected chi connectivity index (χ0v) is 22.8. The first-order chi connectivity index (χ1) is 18.2. The Morgan fingerprint density at radius 2 is 1.92 bits per heavy atom. The Balaban J connectivity index is 1.48. The fraction of sp³-hybridized carbons (Fsp3) is 0.115. The number of nitrogens with zero attached hydrogens (tertiary/aromatic N) is 1. The molecule has 4 rings (SSSR count). The van der Waals surface area contributed by atoms with E-state index >= 15 is 0 Å². The molecule has 196 valence electrons. The number of hydrogen-bond donors (Lipinski definition) is 2. The Labute approximate surface area is 235 Å². The molecule has 0 aromatic heterocycles. The molecule has 0 radical (unpaired) electrons. The second-order valence-electron chi connectivity index (χ2n) is 7.97. The molecular formula is C26H19BrCl2FN3O5. The number of carbonyl (C=O) groups is 3. The first-order valence-corrected chi connectivity index (χ1v) is 12.5. The first kappa shape index (κ1) is 27.4. The van der Waals surface area contributed by atoms with Crippen LogP contribution in [0.25, 0.3) is 6.08 Å². The highest BCUT2D eigenvalue weighted by atomic mass is 79.9. The maximum Gasteiger partial charge on any atom is 0.329 e. The van der Waals surface area contributed by atoms with Crippen molar-refractivity contribution in [1.82, 2.24) is 10.2 Å². The van der Waals surface area contributed by atoms with Crippen LogP contribution in [-0.2, 0) is 16.2 Å². The summed E-state index contributed by atoms with van der Waals surface area (Å²) in [5, 5.41) is 5.75. The van der Waals surface area contributed by atoms with Gasteiger partial charge in [-0.3, -0.25) is 9.59 Å². The fourth-order valence-electron chi connectivity index (χ4n) is 3.53. The number of benzene rings is 3. The van der Waals surface area contributed by atoms with Gasteiger partial charge in [-0.2, -0.15) is 0 Å². The highest BCUT2D eigenvalue weighted by molar-refractivity contribution is 9.10. The van der Waals surface area contributed by atoms with Crippen LogP contribution in [0.1, 0.15) is 11.1 Å². The number of nitrogens with one attached hydrogen (secondary N) is 2. The SMILES string of the molecule is COc1cc(/C=C2/NC(=O)N(CC(=O)Nc3ccccc3F)C2=O)cc(Br)c1OCc1ccc(Cl)cc1Cl. The normalized spacial score (nSPS) is 14.0. The van der Waals surface area contributed by atoms with Crippen LogP contribution in [0.5, 0.6) is 11.5 Å². The molecule has 0 unspecified atom stereocenters. The predicted molar refractivity (Wildman–Crippen MR) is 145 cm³/mol. The molecule has 3 aromatic rings. The van der Waals surface area contributed by atoms with Crippen molar-refractivity contribution in [2.45, 2.75) is 6.61 Å². The van der Waals surface area contributed by atoms with Crippen LogP contribution in [0.15, 0.2) is 64.8 Å². The number of anilines is 1. The summed E-state index contributed by atoms with van der Waals surface area (Å²) in [6.07, 6.45) is 1.43. The predicted octanol–water partition coefficient (Wildman–Crippen LogP) is 6.01. The van der Waals surface area contributed by atoms with E-state index in [9.17, 15) is 18.8 Å². The molecule has 1 aliphatic heterocycles. The van der Waals surface area contributed by atoms with E-state index in [2.05, 4.69) is 26.6 Å². The molecule has 1 aliphatic rings. The molecule has 1 heterocycles. The summed E-state index contributed by atoms with van der Waals surface area (Å²) in [6.45, 7) is -0.451. The number of urea groups is 1. The summed E-state index contributed by atoms with van der Waals surface area (Å²) < 4.78 is 25.7. The first-order valence-electron chi connectivity index (χ1n) is 11.0. The number of para-hydroxylation sites is 1. The van der Waals surface area contributed by atoms with Gasteiger partial charge >= 0.3 is 6.03 Å². The largest absolute Gasteiger partial charge is 0.493 e. The van der Waals surface area contributed by atoms with Crippen molar-refractivity contribution in [3.63, 3.8) is 0 Å². The van der Waals surface area contributed by atoms with Gasteiger partial charge in [0.2, 0.25) is 5.91 Å². The Morgan fingerprint density at radius 3 is 2.63 bits per heavy atom. The average Bonchev–Trinajstić information content (AvgIpc) is 3.12. The second kappa shape index (κ2) is 11.8. The smallest absolute Gasteiger partial charge is 0.329 e. The Kier molecular flexibility index (Phi) is 8.55. The van der Waals surface area contributed by atoms with E-state index in [1.54, 1.807) is 36.4 Å². The number of hydrogen-bond acceptors (Lipinski definition) is 5. The zero-order chi connectivity index (χ0) is 27.4. The minimum absolute atomic E-state index is 0.0516. The van der Waals surface area contributed by atoms with E-state index < -0.39 is 30.2 Å². The van der Waals surface area contributed by atoms with Gasteiger partial charge in [-0.1, -0.05) is 41.4 Å². The van der Waals surface area contributed by atoms with Gasteiger partial charge in [0.15, 0.2) is 11.5 Å². The van der Waals surface area contributed by atoms with E-state index in [0.29, 0.717) is 31.6 Å². The van der Waals surface area contributed by atoms with E-state index in [1.807, 2.05) is 0 Å². The standard InChI is InChI=1S/C26H19BrCl2FN3O5/c1-37-22-10-14(8-17(27)24(22)38-13-15-6-7-16(28)11-18(15)29)9-21-25(35)33(26(36)32-21)12-23(34)31-20-5-3-2-4-19(20)30/h2-11H,12-13H2,1H3,(H,31,34)(H,32,36)/b21-9+. The highest BCUT2D eigenvalue weighted by Crippen LogP contribution is 2.38. The number of amides is 4. The average molecular weight is 623 g/mol. The second-order valence-corrected chi connectivity index (χ2v) is 9.66. The number of methoxy groups -OCH3 is 1. The van der Waals surface area contributed by atoms with Crippen molar-refractivity contribution in [2.24, 2.45) is 0 Å². The van der Waals surface area contributed by atoms with Gasteiger partial charge in [-0.25, -0.2) is 14.1 Å². The summed E-state index contributed by atoms with van der Waals surface area (Å²) in [7, 11) is 1.46. The maximum absolute atomic E-state index is 13.8. The monoisotopic (exact) mass is 621 g/mol. The van der Waals surface area contributed by atoms with Gasteiger partial charge in [0, 0.05) is 15.6 Å². The third-order valence-corrected chi connectivity index (χ3v) is 6.54. The topological polar surface area (TPSA) is 97.0 Å². The molecule has 3 aromatic carbocycles. The summed E-state index contributed by atoms with van der Waals surface area (Å²) in [4.78, 5) is 38.3. The maximum atomic E-state index is 13.8. The molecule has 1 saturated heterocycles. The minimum Gasteiger partial charge on any atom is -0.493 e. The van der Waals surface area contributed by atoms with Crippen LogP contribution in [0.4, 0.5) is 14.9 Å². The van der Waals surface area contributed by atoms with Gasteiger partial charge in [0.25, 0.3) is 5.91 Å². The van der Waals surface area contributed by atoms with E-state index in [4.69, 9.17) is 32.7 Å². The number of imide groups is 1. The van der Waals surface area contributed by atoms with Crippen molar-refractivity contribution in [3.05, 3.63) is 91.8 Å². The van der Waals surface area contributed by atoms with E-state index in [0.717, 1.165) is 10.5 Å². The minimum atomic E-state index is -0.782. The number of halogens is 4. The molecule has 0 bridgehead atoms.